The zero-order valence-corrected chi connectivity index (χ0v) is 13.2. The minimum atomic E-state index is -0.659. The van der Waals surface area contributed by atoms with Crippen LogP contribution in [0.25, 0.3) is 11.3 Å². The monoisotopic (exact) mass is 390 g/mol. The lowest BCUT2D eigenvalue weighted by Gasteiger charge is -2.08. The molecule has 2 rings (SSSR count). The van der Waals surface area contributed by atoms with Crippen LogP contribution in [0.1, 0.15) is 19.2 Å². The summed E-state index contributed by atoms with van der Waals surface area (Å²) < 4.78 is 28.6. The molecule has 0 aliphatic carbocycles. The Balaban J connectivity index is 2.62. The first-order chi connectivity index (χ1) is 9.02. The van der Waals surface area contributed by atoms with Gasteiger partial charge in [-0.3, -0.25) is 0 Å². The van der Waals surface area contributed by atoms with Crippen molar-refractivity contribution in [2.45, 2.75) is 19.8 Å². The summed E-state index contributed by atoms with van der Waals surface area (Å²) in [4.78, 5) is 8.39. The van der Waals surface area contributed by atoms with E-state index in [-0.39, 0.29) is 15.7 Å². The molecule has 0 N–H and O–H groups in total. The maximum absolute atomic E-state index is 14.0. The first kappa shape index (κ1) is 14.5. The predicted octanol–water partition coefficient (Wildman–Crippen LogP) is 4.90. The number of aromatic nitrogens is 2. The van der Waals surface area contributed by atoms with E-state index in [1.165, 1.54) is 18.2 Å². The van der Waals surface area contributed by atoms with Gasteiger partial charge in [0.25, 0.3) is 0 Å². The number of benzene rings is 1. The van der Waals surface area contributed by atoms with E-state index in [0.717, 1.165) is 6.42 Å². The molecule has 0 saturated carbocycles. The molecule has 1 heterocycles. The third-order valence-electron chi connectivity index (χ3n) is 2.51. The highest BCUT2D eigenvalue weighted by molar-refractivity contribution is 9.10. The topological polar surface area (TPSA) is 25.8 Å². The molecule has 0 amide bonds. The molecule has 1 aromatic heterocycles. The largest absolute Gasteiger partial charge is 0.233 e. The third kappa shape index (κ3) is 3.17. The normalized spacial score (nSPS) is 10.8. The van der Waals surface area contributed by atoms with E-state index < -0.39 is 11.6 Å². The molecule has 0 fully saturated rings. The van der Waals surface area contributed by atoms with Crippen LogP contribution in [0.5, 0.6) is 0 Å². The Hall–Kier alpha value is -0.880. The average molecular weight is 392 g/mol. The van der Waals surface area contributed by atoms with Gasteiger partial charge < -0.3 is 0 Å². The molecule has 0 radical (unpaired) electrons. The van der Waals surface area contributed by atoms with Crippen molar-refractivity contribution in [3.63, 3.8) is 0 Å². The zero-order chi connectivity index (χ0) is 14.0. The summed E-state index contributed by atoms with van der Waals surface area (Å²) in [7, 11) is 0. The number of rotatable bonds is 3. The molecule has 2 aromatic rings. The molecule has 6 heteroatoms. The van der Waals surface area contributed by atoms with Crippen LogP contribution >= 0.6 is 31.9 Å². The lowest BCUT2D eigenvalue weighted by Crippen LogP contribution is -2.00. The first-order valence-corrected chi connectivity index (χ1v) is 7.29. The fourth-order valence-electron chi connectivity index (χ4n) is 1.69. The smallest absolute Gasteiger partial charge is 0.149 e. The Morgan fingerprint density at radius 1 is 1.16 bits per heavy atom. The summed E-state index contributed by atoms with van der Waals surface area (Å²) in [6.45, 7) is 1.99. The second-order valence-electron chi connectivity index (χ2n) is 3.96. The molecule has 19 heavy (non-hydrogen) atoms. The maximum Gasteiger partial charge on any atom is 0.149 e. The summed E-state index contributed by atoms with van der Waals surface area (Å²) >= 11 is 6.29. The van der Waals surface area contributed by atoms with E-state index in [0.29, 0.717) is 16.8 Å². The van der Waals surface area contributed by atoms with Crippen LogP contribution in [0.3, 0.4) is 0 Å². The van der Waals surface area contributed by atoms with E-state index in [1.54, 1.807) is 0 Å². The van der Waals surface area contributed by atoms with Gasteiger partial charge in [0.1, 0.15) is 22.1 Å². The molecule has 2 nitrogen and oxygen atoms in total. The highest BCUT2D eigenvalue weighted by Gasteiger charge is 2.17. The standard InChI is InChI=1S/C13H10Br2F2N2/c1-2-3-11-18-9(6-10(15)19-11)12-8(16)5-4-7(14)13(12)17/h4-6H,2-3H2,1H3. The Morgan fingerprint density at radius 2 is 1.89 bits per heavy atom. The van der Waals surface area contributed by atoms with Gasteiger partial charge >= 0.3 is 0 Å². The third-order valence-corrected chi connectivity index (χ3v) is 3.53. The quantitative estimate of drug-likeness (QED) is 0.549. The number of hydrogen-bond donors (Lipinski definition) is 0. The highest BCUT2D eigenvalue weighted by atomic mass is 79.9. The second kappa shape index (κ2) is 6.05. The van der Waals surface area contributed by atoms with Gasteiger partial charge in [-0.2, -0.15) is 0 Å². The number of aryl methyl sites for hydroxylation is 1. The van der Waals surface area contributed by atoms with Crippen LogP contribution in [-0.2, 0) is 6.42 Å². The average Bonchev–Trinajstić information content (AvgIpc) is 2.34. The van der Waals surface area contributed by atoms with Crippen molar-refractivity contribution in [3.05, 3.63) is 44.7 Å². The van der Waals surface area contributed by atoms with Crippen molar-refractivity contribution < 1.29 is 8.78 Å². The van der Waals surface area contributed by atoms with Gasteiger partial charge in [0.15, 0.2) is 0 Å². The second-order valence-corrected chi connectivity index (χ2v) is 5.63. The molecule has 100 valence electrons. The van der Waals surface area contributed by atoms with Crippen LogP contribution in [-0.4, -0.2) is 9.97 Å². The zero-order valence-electron chi connectivity index (χ0n) is 10.1. The molecular formula is C13H10Br2F2N2. The predicted molar refractivity (Wildman–Crippen MR) is 76.8 cm³/mol. The SMILES string of the molecule is CCCc1nc(Br)cc(-c2c(F)ccc(Br)c2F)n1. The molecule has 0 bridgehead atoms. The van der Waals surface area contributed by atoms with E-state index in [2.05, 4.69) is 41.8 Å². The first-order valence-electron chi connectivity index (χ1n) is 5.70. The minimum absolute atomic E-state index is 0.144. The molecule has 0 unspecified atom stereocenters. The maximum atomic E-state index is 14.0. The summed E-state index contributed by atoms with van der Waals surface area (Å²) in [5, 5.41) is 0. The summed E-state index contributed by atoms with van der Waals surface area (Å²) in [6.07, 6.45) is 1.52. The Morgan fingerprint density at radius 3 is 2.58 bits per heavy atom. The Labute approximate surface area is 126 Å². The van der Waals surface area contributed by atoms with Gasteiger partial charge in [-0.15, -0.1) is 0 Å². The number of halogens is 4. The summed E-state index contributed by atoms with van der Waals surface area (Å²) in [5.41, 5.74) is 0.0939. The lowest BCUT2D eigenvalue weighted by atomic mass is 10.1. The molecule has 0 aliphatic heterocycles. The van der Waals surface area contributed by atoms with Crippen LogP contribution in [0, 0.1) is 11.6 Å². The van der Waals surface area contributed by atoms with Gasteiger partial charge in [-0.1, -0.05) is 6.92 Å². The van der Waals surface area contributed by atoms with Crippen LogP contribution in [0.2, 0.25) is 0 Å². The van der Waals surface area contributed by atoms with Crippen molar-refractivity contribution in [2.75, 3.05) is 0 Å². The molecule has 1 aromatic carbocycles. The highest BCUT2D eigenvalue weighted by Crippen LogP contribution is 2.30. The van der Waals surface area contributed by atoms with Gasteiger partial charge in [0, 0.05) is 6.42 Å². The van der Waals surface area contributed by atoms with Gasteiger partial charge in [0.2, 0.25) is 0 Å². The van der Waals surface area contributed by atoms with E-state index in [4.69, 9.17) is 0 Å². The molecule has 0 aliphatic rings. The van der Waals surface area contributed by atoms with Gasteiger partial charge in [-0.05, 0) is 56.5 Å². The van der Waals surface area contributed by atoms with Gasteiger partial charge in [-0.25, -0.2) is 18.7 Å². The summed E-state index contributed by atoms with van der Waals surface area (Å²) in [5.74, 6) is -0.743. The Kier molecular flexibility index (Phi) is 4.62. The molecule has 0 atom stereocenters. The van der Waals surface area contributed by atoms with Crippen LogP contribution < -0.4 is 0 Å². The van der Waals surface area contributed by atoms with Crippen LogP contribution in [0.4, 0.5) is 8.78 Å². The fraction of sp³-hybridized carbons (Fsp3) is 0.231. The molecule has 0 spiro atoms. The minimum Gasteiger partial charge on any atom is -0.233 e. The van der Waals surface area contributed by atoms with E-state index >= 15 is 0 Å². The molecular weight excluding hydrogens is 382 g/mol. The fourth-order valence-corrected chi connectivity index (χ4v) is 2.44. The van der Waals surface area contributed by atoms with E-state index in [9.17, 15) is 8.78 Å². The summed E-state index contributed by atoms with van der Waals surface area (Å²) in [6, 6.07) is 4.04. The molecule has 0 saturated heterocycles. The Bertz CT molecular complexity index is 618. The number of hydrogen-bond acceptors (Lipinski definition) is 2. The number of nitrogens with zero attached hydrogens (tertiary/aromatic N) is 2. The van der Waals surface area contributed by atoms with Crippen molar-refractivity contribution in [1.29, 1.82) is 0 Å². The van der Waals surface area contributed by atoms with Crippen molar-refractivity contribution >= 4 is 31.9 Å². The van der Waals surface area contributed by atoms with E-state index in [1.807, 2.05) is 6.92 Å². The van der Waals surface area contributed by atoms with Crippen molar-refractivity contribution in [3.8, 4) is 11.3 Å². The van der Waals surface area contributed by atoms with Crippen molar-refractivity contribution in [1.82, 2.24) is 9.97 Å². The van der Waals surface area contributed by atoms with Crippen molar-refractivity contribution in [2.24, 2.45) is 0 Å². The van der Waals surface area contributed by atoms with Gasteiger partial charge in [0.05, 0.1) is 15.7 Å². The van der Waals surface area contributed by atoms with Crippen LogP contribution in [0.15, 0.2) is 27.3 Å². The lowest BCUT2D eigenvalue weighted by molar-refractivity contribution is 0.584.